The fourth-order valence-electron chi connectivity index (χ4n) is 2.54. The average molecular weight is 363 g/mol. The molecule has 1 aromatic heterocycles. The molecule has 1 atom stereocenters. The summed E-state index contributed by atoms with van der Waals surface area (Å²) in [7, 11) is 0. The summed E-state index contributed by atoms with van der Waals surface area (Å²) in [4.78, 5) is 2.37. The molecule has 120 valence electrons. The van der Waals surface area contributed by atoms with Crippen LogP contribution in [0.15, 0.2) is 24.4 Å². The summed E-state index contributed by atoms with van der Waals surface area (Å²) in [6, 6.07) is 5.99. The van der Waals surface area contributed by atoms with E-state index in [-0.39, 0.29) is 12.4 Å². The summed E-state index contributed by atoms with van der Waals surface area (Å²) in [5.41, 5.74) is 1.68. The Labute approximate surface area is 146 Å². The molecule has 0 saturated carbocycles. The van der Waals surface area contributed by atoms with Crippen molar-refractivity contribution in [3.63, 3.8) is 0 Å². The molecule has 1 N–H and O–H groups in total. The smallest absolute Gasteiger partial charge is 0.0971 e. The number of aromatic nitrogens is 3. The molecule has 0 bridgehead atoms. The molecule has 0 unspecified atom stereocenters. The lowest BCUT2D eigenvalue weighted by molar-refractivity contribution is 0.197. The second-order valence-electron chi connectivity index (χ2n) is 5.32. The van der Waals surface area contributed by atoms with E-state index in [2.05, 4.69) is 27.5 Å². The molecule has 0 amide bonds. The molecular formula is C14H18Cl3N5. The minimum Gasteiger partial charge on any atom is -0.312 e. The van der Waals surface area contributed by atoms with Crippen molar-refractivity contribution in [3.8, 4) is 5.69 Å². The highest BCUT2D eigenvalue weighted by Crippen LogP contribution is 2.27. The third-order valence-electron chi connectivity index (χ3n) is 3.56. The van der Waals surface area contributed by atoms with E-state index in [0.29, 0.717) is 16.1 Å². The number of hydrogen-bond acceptors (Lipinski definition) is 4. The number of nitrogens with zero attached hydrogens (tertiary/aromatic N) is 4. The van der Waals surface area contributed by atoms with Crippen LogP contribution in [0.2, 0.25) is 10.0 Å². The van der Waals surface area contributed by atoms with Crippen molar-refractivity contribution in [2.45, 2.75) is 19.5 Å². The normalized spacial score (nSPS) is 19.0. The van der Waals surface area contributed by atoms with Crippen LogP contribution in [-0.2, 0) is 6.54 Å². The maximum atomic E-state index is 6.21. The van der Waals surface area contributed by atoms with Gasteiger partial charge in [0.15, 0.2) is 0 Å². The van der Waals surface area contributed by atoms with Crippen LogP contribution in [0.3, 0.4) is 0 Å². The van der Waals surface area contributed by atoms with E-state index in [1.165, 1.54) is 0 Å². The molecule has 1 fully saturated rings. The van der Waals surface area contributed by atoms with Gasteiger partial charge in [-0.25, -0.2) is 4.68 Å². The molecule has 0 spiro atoms. The molecule has 3 rings (SSSR count). The van der Waals surface area contributed by atoms with Crippen molar-refractivity contribution >= 4 is 35.6 Å². The van der Waals surface area contributed by atoms with Gasteiger partial charge >= 0.3 is 0 Å². The van der Waals surface area contributed by atoms with Gasteiger partial charge in [0.05, 0.1) is 27.6 Å². The van der Waals surface area contributed by atoms with Gasteiger partial charge in [-0.3, -0.25) is 4.90 Å². The molecule has 2 heterocycles. The first-order chi connectivity index (χ1) is 10.1. The van der Waals surface area contributed by atoms with E-state index in [0.717, 1.165) is 37.6 Å². The van der Waals surface area contributed by atoms with E-state index in [1.807, 2.05) is 18.3 Å². The van der Waals surface area contributed by atoms with Gasteiger partial charge in [-0.05, 0) is 19.1 Å². The van der Waals surface area contributed by atoms with Crippen LogP contribution in [0.1, 0.15) is 12.6 Å². The zero-order valence-electron chi connectivity index (χ0n) is 12.2. The molecule has 8 heteroatoms. The maximum absolute atomic E-state index is 6.21. The van der Waals surface area contributed by atoms with Crippen molar-refractivity contribution in [2.75, 3.05) is 19.6 Å². The van der Waals surface area contributed by atoms with Gasteiger partial charge in [-0.2, -0.15) is 0 Å². The SMILES string of the molecule is C[C@H]1CN(Cc2cn(-c3cccc(Cl)c3Cl)nn2)CCN1.Cl. The van der Waals surface area contributed by atoms with Gasteiger partial charge in [-0.15, -0.1) is 17.5 Å². The van der Waals surface area contributed by atoms with Crippen LogP contribution in [0.5, 0.6) is 0 Å². The molecular weight excluding hydrogens is 345 g/mol. The zero-order valence-corrected chi connectivity index (χ0v) is 14.5. The monoisotopic (exact) mass is 361 g/mol. The number of hydrogen-bond donors (Lipinski definition) is 1. The van der Waals surface area contributed by atoms with Crippen LogP contribution < -0.4 is 5.32 Å². The van der Waals surface area contributed by atoms with E-state index >= 15 is 0 Å². The Balaban J connectivity index is 0.00000176. The number of nitrogens with one attached hydrogen (secondary N) is 1. The third-order valence-corrected chi connectivity index (χ3v) is 4.37. The first-order valence-electron chi connectivity index (χ1n) is 6.95. The van der Waals surface area contributed by atoms with Gasteiger partial charge < -0.3 is 5.32 Å². The van der Waals surface area contributed by atoms with E-state index in [9.17, 15) is 0 Å². The quantitative estimate of drug-likeness (QED) is 0.912. The van der Waals surface area contributed by atoms with Crippen molar-refractivity contribution in [3.05, 3.63) is 40.1 Å². The largest absolute Gasteiger partial charge is 0.312 e. The molecule has 1 saturated heterocycles. The van der Waals surface area contributed by atoms with Crippen LogP contribution in [-0.4, -0.2) is 45.6 Å². The van der Waals surface area contributed by atoms with Crippen molar-refractivity contribution in [1.82, 2.24) is 25.2 Å². The maximum Gasteiger partial charge on any atom is 0.0971 e. The van der Waals surface area contributed by atoms with E-state index in [4.69, 9.17) is 23.2 Å². The topological polar surface area (TPSA) is 46.0 Å². The fraction of sp³-hybridized carbons (Fsp3) is 0.429. The Kier molecular flexibility index (Phi) is 6.06. The molecule has 1 aliphatic heterocycles. The fourth-order valence-corrected chi connectivity index (χ4v) is 2.92. The lowest BCUT2D eigenvalue weighted by atomic mass is 10.2. The van der Waals surface area contributed by atoms with Crippen LogP contribution in [0.4, 0.5) is 0 Å². The molecule has 0 aliphatic carbocycles. The third kappa shape index (κ3) is 3.91. The molecule has 0 radical (unpaired) electrons. The van der Waals surface area contributed by atoms with Gasteiger partial charge in [0.1, 0.15) is 0 Å². The minimum absolute atomic E-state index is 0. The van der Waals surface area contributed by atoms with Gasteiger partial charge in [0, 0.05) is 32.2 Å². The standard InChI is InChI=1S/C14H17Cl2N5.ClH/c1-10-7-20(6-5-17-10)8-11-9-21(19-18-11)13-4-2-3-12(15)14(13)16;/h2-4,9-10,17H,5-8H2,1H3;1H/t10-;/m0./s1. The highest BCUT2D eigenvalue weighted by molar-refractivity contribution is 6.43. The lowest BCUT2D eigenvalue weighted by Gasteiger charge is -2.30. The number of piperazine rings is 1. The first kappa shape index (κ1) is 17.5. The summed E-state index contributed by atoms with van der Waals surface area (Å²) < 4.78 is 1.68. The van der Waals surface area contributed by atoms with E-state index in [1.54, 1.807) is 10.7 Å². The molecule has 1 aromatic carbocycles. The summed E-state index contributed by atoms with van der Waals surface area (Å²) in [6.07, 6.45) is 1.91. The van der Waals surface area contributed by atoms with Crippen LogP contribution in [0, 0.1) is 0 Å². The van der Waals surface area contributed by atoms with Gasteiger partial charge in [0.2, 0.25) is 0 Å². The summed E-state index contributed by atoms with van der Waals surface area (Å²) in [5, 5.41) is 12.8. The van der Waals surface area contributed by atoms with Crippen molar-refractivity contribution < 1.29 is 0 Å². The number of benzene rings is 1. The van der Waals surface area contributed by atoms with Crippen LogP contribution in [0.25, 0.3) is 5.69 Å². The second-order valence-corrected chi connectivity index (χ2v) is 6.10. The Hall–Kier alpha value is -0.850. The summed E-state index contributed by atoms with van der Waals surface area (Å²) >= 11 is 12.2. The molecule has 1 aliphatic rings. The predicted molar refractivity (Wildman–Crippen MR) is 91.4 cm³/mol. The zero-order chi connectivity index (χ0) is 14.8. The Morgan fingerprint density at radius 1 is 1.36 bits per heavy atom. The molecule has 22 heavy (non-hydrogen) atoms. The Morgan fingerprint density at radius 3 is 2.95 bits per heavy atom. The first-order valence-corrected chi connectivity index (χ1v) is 7.70. The number of halogens is 3. The molecule has 5 nitrogen and oxygen atoms in total. The van der Waals surface area contributed by atoms with Gasteiger partial charge in [0.25, 0.3) is 0 Å². The second kappa shape index (κ2) is 7.62. The summed E-state index contributed by atoms with van der Waals surface area (Å²) in [5.74, 6) is 0. The Bertz CT molecular complexity index is 631. The van der Waals surface area contributed by atoms with E-state index < -0.39 is 0 Å². The predicted octanol–water partition coefficient (Wildman–Crippen LogP) is 2.79. The summed E-state index contributed by atoms with van der Waals surface area (Å²) in [6.45, 7) is 6.04. The Morgan fingerprint density at radius 2 is 2.18 bits per heavy atom. The number of rotatable bonds is 3. The minimum atomic E-state index is 0. The van der Waals surface area contributed by atoms with Crippen molar-refractivity contribution in [2.24, 2.45) is 0 Å². The highest BCUT2D eigenvalue weighted by Gasteiger charge is 2.17. The van der Waals surface area contributed by atoms with Gasteiger partial charge in [-0.1, -0.05) is 34.5 Å². The highest BCUT2D eigenvalue weighted by atomic mass is 35.5. The van der Waals surface area contributed by atoms with Crippen LogP contribution >= 0.6 is 35.6 Å². The van der Waals surface area contributed by atoms with Crippen molar-refractivity contribution in [1.29, 1.82) is 0 Å². The average Bonchev–Trinajstić information content (AvgIpc) is 2.90. The lowest BCUT2D eigenvalue weighted by Crippen LogP contribution is -2.48. The molecule has 2 aromatic rings.